The Hall–Kier alpha value is -3.24. The highest BCUT2D eigenvalue weighted by Crippen LogP contribution is 2.38. The van der Waals surface area contributed by atoms with Crippen molar-refractivity contribution in [1.29, 1.82) is 0 Å². The van der Waals surface area contributed by atoms with E-state index in [1.165, 1.54) is 0 Å². The number of rotatable bonds is 2. The van der Waals surface area contributed by atoms with Crippen molar-refractivity contribution < 1.29 is 13.6 Å². The number of fused-ring (bicyclic) bond motifs is 4. The van der Waals surface area contributed by atoms with Gasteiger partial charge < -0.3 is 13.6 Å². The summed E-state index contributed by atoms with van der Waals surface area (Å²) in [5, 5.41) is 3.81. The number of ether oxygens (including phenoxy) is 1. The monoisotopic (exact) mass is 390 g/mol. The van der Waals surface area contributed by atoms with Crippen LogP contribution in [0.1, 0.15) is 5.56 Å². The van der Waals surface area contributed by atoms with Gasteiger partial charge in [0, 0.05) is 32.3 Å². The van der Waals surface area contributed by atoms with Gasteiger partial charge in [-0.15, -0.1) is 0 Å². The molecule has 0 aliphatic rings. The Bertz CT molecular complexity index is 1430. The lowest BCUT2D eigenvalue weighted by Crippen LogP contribution is -2.01. The van der Waals surface area contributed by atoms with Gasteiger partial charge in [0.25, 0.3) is 0 Å². The Morgan fingerprint density at radius 3 is 2.43 bits per heavy atom. The van der Waals surface area contributed by atoms with Gasteiger partial charge in [0.15, 0.2) is 0 Å². The molecule has 0 spiro atoms. The van der Waals surface area contributed by atoms with Crippen LogP contribution in [0.4, 0.5) is 0 Å². The van der Waals surface area contributed by atoms with E-state index in [1.807, 2.05) is 49.4 Å². The first-order chi connectivity index (χ1) is 13.6. The first kappa shape index (κ1) is 16.9. The van der Waals surface area contributed by atoms with Gasteiger partial charge in [-0.2, -0.15) is 0 Å². The summed E-state index contributed by atoms with van der Waals surface area (Å²) in [6.07, 6.45) is 1.73. The van der Waals surface area contributed by atoms with Crippen LogP contribution in [0.5, 0.6) is 5.75 Å². The van der Waals surface area contributed by atoms with Crippen LogP contribution in [-0.2, 0) is 0 Å². The molecule has 0 N–H and O–H groups in total. The zero-order valence-corrected chi connectivity index (χ0v) is 16.0. The molecule has 138 valence electrons. The van der Waals surface area contributed by atoms with Gasteiger partial charge in [0.1, 0.15) is 16.9 Å². The maximum Gasteiger partial charge on any atom is 0.344 e. The van der Waals surface area contributed by atoms with Crippen molar-refractivity contribution in [3.8, 4) is 16.9 Å². The quantitative estimate of drug-likeness (QED) is 0.261. The summed E-state index contributed by atoms with van der Waals surface area (Å²) < 4.78 is 16.8. The Morgan fingerprint density at radius 1 is 0.893 bits per heavy atom. The Labute approximate surface area is 164 Å². The van der Waals surface area contributed by atoms with Crippen molar-refractivity contribution >= 4 is 44.3 Å². The van der Waals surface area contributed by atoms with Crippen LogP contribution in [-0.4, -0.2) is 7.11 Å². The summed E-state index contributed by atoms with van der Waals surface area (Å²) in [5.74, 6) is 0.613. The lowest BCUT2D eigenvalue weighted by molar-refractivity contribution is 0.415. The molecule has 5 aromatic rings. The fourth-order valence-corrected chi connectivity index (χ4v) is 3.83. The first-order valence-corrected chi connectivity index (χ1v) is 9.16. The summed E-state index contributed by atoms with van der Waals surface area (Å²) >= 11 is 6.02. The standard InChI is InChI=1S/C23H15ClO4/c1-12-21-18(20(11-27-21)13-3-5-14(24)6-4-13)10-17-16-8-7-15(26-2)9-19(16)23(25)28-22(12)17/h3-11H,1-2H3. The maximum atomic E-state index is 12.5. The van der Waals surface area contributed by atoms with Crippen LogP contribution in [0.2, 0.25) is 5.02 Å². The minimum Gasteiger partial charge on any atom is -0.497 e. The van der Waals surface area contributed by atoms with Crippen LogP contribution in [0, 0.1) is 6.92 Å². The smallest absolute Gasteiger partial charge is 0.344 e. The molecular weight excluding hydrogens is 376 g/mol. The van der Waals surface area contributed by atoms with Crippen LogP contribution >= 0.6 is 11.6 Å². The Morgan fingerprint density at radius 2 is 1.68 bits per heavy atom. The van der Waals surface area contributed by atoms with Crippen LogP contribution in [0.15, 0.2) is 68.4 Å². The minimum absolute atomic E-state index is 0.395. The zero-order valence-electron chi connectivity index (χ0n) is 15.2. The second kappa shape index (κ2) is 6.14. The fraction of sp³-hybridized carbons (Fsp3) is 0.0870. The van der Waals surface area contributed by atoms with Gasteiger partial charge in [0.05, 0.1) is 18.8 Å². The van der Waals surface area contributed by atoms with E-state index in [0.29, 0.717) is 27.3 Å². The Kier molecular flexibility index (Phi) is 3.71. The molecule has 4 nitrogen and oxygen atoms in total. The molecule has 0 atom stereocenters. The lowest BCUT2D eigenvalue weighted by Gasteiger charge is -2.08. The van der Waals surface area contributed by atoms with E-state index in [9.17, 15) is 4.79 Å². The van der Waals surface area contributed by atoms with Gasteiger partial charge >= 0.3 is 5.63 Å². The van der Waals surface area contributed by atoms with Crippen molar-refractivity contribution in [1.82, 2.24) is 0 Å². The molecule has 0 aliphatic heterocycles. The average molecular weight is 391 g/mol. The van der Waals surface area contributed by atoms with Crippen LogP contribution in [0.3, 0.4) is 0 Å². The lowest BCUT2D eigenvalue weighted by atomic mass is 9.99. The number of benzene rings is 3. The van der Waals surface area contributed by atoms with Crippen LogP contribution in [0.25, 0.3) is 43.8 Å². The van der Waals surface area contributed by atoms with Gasteiger partial charge in [0.2, 0.25) is 0 Å². The first-order valence-electron chi connectivity index (χ1n) is 8.78. The van der Waals surface area contributed by atoms with Crippen molar-refractivity contribution in [3.05, 3.63) is 75.8 Å². The van der Waals surface area contributed by atoms with E-state index < -0.39 is 5.63 Å². The zero-order chi connectivity index (χ0) is 19.4. The predicted molar refractivity (Wildman–Crippen MR) is 111 cm³/mol. The predicted octanol–water partition coefficient (Wildman–Crippen LogP) is 6.33. The molecule has 5 rings (SSSR count). The molecule has 2 aromatic heterocycles. The van der Waals surface area contributed by atoms with E-state index in [-0.39, 0.29) is 0 Å². The van der Waals surface area contributed by atoms with E-state index in [0.717, 1.165) is 32.8 Å². The van der Waals surface area contributed by atoms with Crippen molar-refractivity contribution in [2.45, 2.75) is 6.92 Å². The largest absolute Gasteiger partial charge is 0.497 e. The molecule has 3 aromatic carbocycles. The summed E-state index contributed by atoms with van der Waals surface area (Å²) in [6.45, 7) is 1.90. The molecule has 28 heavy (non-hydrogen) atoms. The van der Waals surface area contributed by atoms with E-state index in [2.05, 4.69) is 0 Å². The van der Waals surface area contributed by atoms with Gasteiger partial charge in [-0.25, -0.2) is 4.79 Å². The number of methoxy groups -OCH3 is 1. The maximum absolute atomic E-state index is 12.5. The SMILES string of the molecule is COc1ccc2c(c1)c(=O)oc1c(C)c3occ(-c4ccc(Cl)cc4)c3cc12. The third-order valence-electron chi connectivity index (χ3n) is 5.13. The summed E-state index contributed by atoms with van der Waals surface area (Å²) in [5.41, 5.74) is 3.60. The van der Waals surface area contributed by atoms with Gasteiger partial charge in [-0.1, -0.05) is 23.7 Å². The van der Waals surface area contributed by atoms with Crippen molar-refractivity contribution in [2.24, 2.45) is 0 Å². The normalized spacial score (nSPS) is 11.5. The molecule has 0 bridgehead atoms. The topological polar surface area (TPSA) is 52.6 Å². The van der Waals surface area contributed by atoms with E-state index in [4.69, 9.17) is 25.2 Å². The second-order valence-electron chi connectivity index (χ2n) is 6.71. The average Bonchev–Trinajstić information content (AvgIpc) is 3.14. The number of aryl methyl sites for hydroxylation is 1. The Balaban J connectivity index is 1.90. The fourth-order valence-electron chi connectivity index (χ4n) is 3.70. The highest BCUT2D eigenvalue weighted by atomic mass is 35.5. The van der Waals surface area contributed by atoms with E-state index in [1.54, 1.807) is 19.4 Å². The number of furan rings is 1. The van der Waals surface area contributed by atoms with Crippen molar-refractivity contribution in [3.63, 3.8) is 0 Å². The third-order valence-corrected chi connectivity index (χ3v) is 5.38. The molecule has 0 fully saturated rings. The molecule has 0 radical (unpaired) electrons. The summed E-state index contributed by atoms with van der Waals surface area (Å²) in [7, 11) is 1.57. The number of halogens is 1. The second-order valence-corrected chi connectivity index (χ2v) is 7.15. The minimum atomic E-state index is -0.395. The molecule has 0 saturated carbocycles. The molecule has 0 aliphatic carbocycles. The van der Waals surface area contributed by atoms with Gasteiger partial charge in [-0.3, -0.25) is 0 Å². The van der Waals surface area contributed by atoms with Gasteiger partial charge in [-0.05, 0) is 48.9 Å². The molecule has 5 heteroatoms. The molecular formula is C23H15ClO4. The third kappa shape index (κ3) is 2.42. The summed E-state index contributed by atoms with van der Waals surface area (Å²) in [6, 6.07) is 15.1. The van der Waals surface area contributed by atoms with Crippen molar-refractivity contribution in [2.75, 3.05) is 7.11 Å². The molecule has 2 heterocycles. The number of hydrogen-bond donors (Lipinski definition) is 0. The molecule has 0 amide bonds. The molecule has 0 saturated heterocycles. The van der Waals surface area contributed by atoms with E-state index >= 15 is 0 Å². The number of hydrogen-bond acceptors (Lipinski definition) is 4. The highest BCUT2D eigenvalue weighted by molar-refractivity contribution is 6.30. The molecule has 0 unspecified atom stereocenters. The summed E-state index contributed by atoms with van der Waals surface area (Å²) in [4.78, 5) is 12.5. The highest BCUT2D eigenvalue weighted by Gasteiger charge is 2.17. The van der Waals surface area contributed by atoms with Crippen LogP contribution < -0.4 is 10.4 Å².